The molecule has 5 aliphatic rings. The van der Waals surface area contributed by atoms with Gasteiger partial charge < -0.3 is 20.4 Å². The summed E-state index contributed by atoms with van der Waals surface area (Å²) in [6.45, 7) is 16.4. The summed E-state index contributed by atoms with van der Waals surface area (Å²) in [6.07, 6.45) is 19.0. The number of phenols is 3. The van der Waals surface area contributed by atoms with Crippen LogP contribution in [0.15, 0.2) is 120 Å². The quantitative estimate of drug-likeness (QED) is 0.108. The summed E-state index contributed by atoms with van der Waals surface area (Å²) in [5, 5.41) is 46.1. The van der Waals surface area contributed by atoms with Crippen molar-refractivity contribution in [2.24, 2.45) is 5.92 Å². The molecular formula is C39H41BrO4S. The zero-order chi connectivity index (χ0) is 32.4. The maximum atomic E-state index is 12.2. The Morgan fingerprint density at radius 2 is 1.76 bits per heavy atom. The lowest BCUT2D eigenvalue weighted by Crippen LogP contribution is -2.38. The maximum Gasteiger partial charge on any atom is 0.201 e. The van der Waals surface area contributed by atoms with E-state index in [9.17, 15) is 20.4 Å². The smallest absolute Gasteiger partial charge is 0.201 e. The van der Waals surface area contributed by atoms with Crippen LogP contribution >= 0.6 is 27.7 Å². The second-order valence-corrected chi connectivity index (χ2v) is 14.7. The van der Waals surface area contributed by atoms with Crippen LogP contribution in [0.25, 0.3) is 0 Å². The highest BCUT2D eigenvalue weighted by Gasteiger charge is 2.58. The third kappa shape index (κ3) is 4.70. The van der Waals surface area contributed by atoms with E-state index in [1.807, 2.05) is 20.8 Å². The molecule has 0 aromatic heterocycles. The lowest BCUT2D eigenvalue weighted by Gasteiger charge is -2.46. The van der Waals surface area contributed by atoms with Gasteiger partial charge in [-0.15, -0.1) is 0 Å². The Labute approximate surface area is 279 Å². The minimum Gasteiger partial charge on any atom is -0.506 e. The van der Waals surface area contributed by atoms with E-state index in [1.54, 1.807) is 0 Å². The molecule has 1 spiro atoms. The van der Waals surface area contributed by atoms with Gasteiger partial charge in [-0.05, 0) is 111 Å². The van der Waals surface area contributed by atoms with Crippen LogP contribution in [0.1, 0.15) is 76.8 Å². The highest BCUT2D eigenvalue weighted by Crippen LogP contribution is 2.70. The van der Waals surface area contributed by atoms with Gasteiger partial charge in [-0.2, -0.15) is 0 Å². The summed E-state index contributed by atoms with van der Waals surface area (Å²) >= 11 is 5.28. The highest BCUT2D eigenvalue weighted by atomic mass is 79.9. The van der Waals surface area contributed by atoms with Crippen molar-refractivity contribution in [1.29, 1.82) is 0 Å². The molecule has 4 N–H and O–H groups in total. The first-order chi connectivity index (χ1) is 21.4. The van der Waals surface area contributed by atoms with Crippen molar-refractivity contribution < 1.29 is 20.4 Å². The first-order valence-corrected chi connectivity index (χ1v) is 17.3. The van der Waals surface area contributed by atoms with Crippen molar-refractivity contribution in [3.63, 3.8) is 0 Å². The van der Waals surface area contributed by atoms with Crippen molar-refractivity contribution in [1.82, 2.24) is 0 Å². The fourth-order valence-electron chi connectivity index (χ4n) is 7.90. The Morgan fingerprint density at radius 3 is 2.49 bits per heavy atom. The largest absolute Gasteiger partial charge is 0.506 e. The molecule has 6 rings (SSSR count). The third-order valence-corrected chi connectivity index (χ3v) is 12.2. The molecule has 1 heterocycles. The average molecular weight is 686 g/mol. The van der Waals surface area contributed by atoms with Gasteiger partial charge in [0.1, 0.15) is 5.76 Å². The van der Waals surface area contributed by atoms with Crippen molar-refractivity contribution >= 4 is 27.7 Å². The Kier molecular flexibility index (Phi) is 8.28. The van der Waals surface area contributed by atoms with E-state index in [1.165, 1.54) is 28.5 Å². The van der Waals surface area contributed by atoms with Gasteiger partial charge in [0.2, 0.25) is 5.75 Å². The number of aromatic hydroxyl groups is 3. The van der Waals surface area contributed by atoms with E-state index in [0.29, 0.717) is 20.9 Å². The molecule has 1 aliphatic heterocycles. The minimum atomic E-state index is -0.881. The zero-order valence-corrected chi connectivity index (χ0v) is 28.9. The van der Waals surface area contributed by atoms with Gasteiger partial charge in [0.15, 0.2) is 11.5 Å². The van der Waals surface area contributed by atoms with E-state index in [0.717, 1.165) is 82.9 Å². The number of hydrogen-bond acceptors (Lipinski definition) is 5. The molecule has 2 unspecified atom stereocenters. The van der Waals surface area contributed by atoms with Crippen molar-refractivity contribution in [3.05, 3.63) is 126 Å². The molecule has 0 saturated heterocycles. The van der Waals surface area contributed by atoms with E-state index in [2.05, 4.69) is 72.5 Å². The second-order valence-electron chi connectivity index (χ2n) is 12.8. The fraction of sp³-hybridized carbons (Fsp3) is 0.333. The summed E-state index contributed by atoms with van der Waals surface area (Å²) in [7, 11) is 0. The number of fused-ring (bicyclic) bond motifs is 4. The van der Waals surface area contributed by atoms with E-state index in [-0.39, 0.29) is 23.2 Å². The first kappa shape index (κ1) is 31.6. The number of thioether (sulfide) groups is 1. The van der Waals surface area contributed by atoms with Crippen LogP contribution in [-0.4, -0.2) is 20.4 Å². The summed E-state index contributed by atoms with van der Waals surface area (Å²) in [6, 6.07) is 0. The molecule has 1 saturated carbocycles. The lowest BCUT2D eigenvalue weighted by molar-refractivity contribution is 0.355. The normalized spacial score (nSPS) is 29.0. The van der Waals surface area contributed by atoms with Crippen molar-refractivity contribution in [3.8, 4) is 17.2 Å². The molecule has 0 amide bonds. The SMILES string of the molecule is C=C1/C=C\C2=C3CC/C(=C\CC1)C(C)C1=C(/C(O)=C(/C)C(=C)C)Sc4c(O)c(O)c(O)c(C)c4C31C1=C2/C(Br)=C\C=C/CCC1. The van der Waals surface area contributed by atoms with E-state index in [4.69, 9.17) is 0 Å². The Bertz CT molecular complexity index is 1820. The maximum absolute atomic E-state index is 12.2. The Morgan fingerprint density at radius 1 is 1.00 bits per heavy atom. The third-order valence-electron chi connectivity index (χ3n) is 10.3. The van der Waals surface area contributed by atoms with Gasteiger partial charge >= 0.3 is 0 Å². The van der Waals surface area contributed by atoms with E-state index >= 15 is 0 Å². The molecule has 2 atom stereocenters. The number of phenolic OH excluding ortho intramolecular Hbond substituents is 3. The number of benzene rings is 1. The molecular weight excluding hydrogens is 644 g/mol. The molecule has 45 heavy (non-hydrogen) atoms. The number of halogens is 1. The minimum absolute atomic E-state index is 0.0611. The van der Waals surface area contributed by atoms with Crippen LogP contribution in [0.2, 0.25) is 0 Å². The Hall–Kier alpha value is -3.35. The molecule has 1 aromatic rings. The van der Waals surface area contributed by atoms with Gasteiger partial charge in [-0.3, -0.25) is 0 Å². The van der Waals surface area contributed by atoms with Gasteiger partial charge in [-0.1, -0.05) is 94.9 Å². The van der Waals surface area contributed by atoms with Crippen LogP contribution in [-0.2, 0) is 5.41 Å². The summed E-state index contributed by atoms with van der Waals surface area (Å²) < 4.78 is 0.970. The number of aliphatic hydroxyl groups excluding tert-OH is 1. The Balaban J connectivity index is 1.93. The van der Waals surface area contributed by atoms with Gasteiger partial charge in [-0.25, -0.2) is 0 Å². The second kappa shape index (κ2) is 11.8. The molecule has 0 radical (unpaired) electrons. The monoisotopic (exact) mass is 684 g/mol. The molecule has 1 aromatic carbocycles. The molecule has 4 aliphatic carbocycles. The van der Waals surface area contributed by atoms with Crippen LogP contribution in [0, 0.1) is 12.8 Å². The highest BCUT2D eigenvalue weighted by molar-refractivity contribution is 9.12. The van der Waals surface area contributed by atoms with Crippen LogP contribution in [0.5, 0.6) is 17.2 Å². The van der Waals surface area contributed by atoms with Crippen LogP contribution in [0.4, 0.5) is 0 Å². The predicted octanol–water partition coefficient (Wildman–Crippen LogP) is 11.0. The van der Waals surface area contributed by atoms with Crippen LogP contribution < -0.4 is 0 Å². The molecule has 4 nitrogen and oxygen atoms in total. The van der Waals surface area contributed by atoms with Gasteiger partial charge in [0, 0.05) is 16.0 Å². The molecule has 1 fully saturated rings. The standard InChI is InChI=1S/C39H41BrO4S/c1-20(2)22(4)34(42)37-31-23(5)25-13-11-12-21(3)16-18-26-27(19-17-25)39(31,28-14-9-7-8-10-15-29(40)30(26)28)32-24(6)33(41)35(43)36(44)38(32)45-37/h8,10,13,15-16,18,23,41-44H,1,3,7,9,11-12,14,17,19H2,2,4-6H3/b10-8-,18-16-,25-13+,29-15+,34-22+. The average Bonchev–Trinajstić information content (AvgIpc) is 3.23. The molecule has 2 bridgehead atoms. The summed E-state index contributed by atoms with van der Waals surface area (Å²) in [4.78, 5) is 1.14. The number of aliphatic hydroxyl groups is 1. The van der Waals surface area contributed by atoms with Gasteiger partial charge in [0.05, 0.1) is 15.2 Å². The first-order valence-electron chi connectivity index (χ1n) is 15.7. The summed E-state index contributed by atoms with van der Waals surface area (Å²) in [5.41, 5.74) is 9.91. The van der Waals surface area contributed by atoms with Crippen molar-refractivity contribution in [2.75, 3.05) is 0 Å². The fourth-order valence-corrected chi connectivity index (χ4v) is 10.00. The molecule has 6 heteroatoms. The van der Waals surface area contributed by atoms with Crippen LogP contribution in [0.3, 0.4) is 0 Å². The van der Waals surface area contributed by atoms with E-state index < -0.39 is 11.2 Å². The number of hydrogen-bond donors (Lipinski definition) is 4. The van der Waals surface area contributed by atoms with Gasteiger partial charge in [0.25, 0.3) is 0 Å². The summed E-state index contributed by atoms with van der Waals surface area (Å²) in [5.74, 6) is -1.14. The van der Waals surface area contributed by atoms with Crippen molar-refractivity contribution in [2.45, 2.75) is 83.0 Å². The zero-order valence-electron chi connectivity index (χ0n) is 26.5. The predicted molar refractivity (Wildman–Crippen MR) is 189 cm³/mol. The molecule has 234 valence electrons. The topological polar surface area (TPSA) is 80.9 Å². The number of allylic oxidation sites excluding steroid dienone is 16. The lowest BCUT2D eigenvalue weighted by atomic mass is 9.60. The number of rotatable bonds is 2.